The van der Waals surface area contributed by atoms with Gasteiger partial charge in [-0.25, -0.2) is 0 Å². The molecule has 1 aliphatic carbocycles. The van der Waals surface area contributed by atoms with Crippen molar-refractivity contribution in [2.75, 3.05) is 25.0 Å². The van der Waals surface area contributed by atoms with Gasteiger partial charge < -0.3 is 15.2 Å². The summed E-state index contributed by atoms with van der Waals surface area (Å²) in [6.45, 7) is 9.97. The topological polar surface area (TPSA) is 48.1 Å². The van der Waals surface area contributed by atoms with Crippen LogP contribution in [0.3, 0.4) is 0 Å². The summed E-state index contributed by atoms with van der Waals surface area (Å²) in [5, 5.41) is 4.35. The number of carbonyl (C=O) groups is 1. The van der Waals surface area contributed by atoms with Gasteiger partial charge in [-0.1, -0.05) is 20.8 Å². The number of hydrogen-bond donors (Lipinski definition) is 2. The Morgan fingerprint density at radius 3 is 2.67 bits per heavy atom. The molecule has 3 rings (SSSR count). The lowest BCUT2D eigenvalue weighted by molar-refractivity contribution is -0.120. The summed E-state index contributed by atoms with van der Waals surface area (Å²) in [5.74, 6) is 1.16. The first kappa shape index (κ1) is 19.9. The van der Waals surface area contributed by atoms with Crippen molar-refractivity contribution >= 4 is 22.5 Å². The Morgan fingerprint density at radius 1 is 1.22 bits per heavy atom. The molecule has 1 aliphatic rings. The van der Waals surface area contributed by atoms with Crippen LogP contribution in [0.5, 0.6) is 0 Å². The van der Waals surface area contributed by atoms with Crippen LogP contribution in [0.2, 0.25) is 0 Å². The van der Waals surface area contributed by atoms with Crippen LogP contribution in [0.15, 0.2) is 24.4 Å². The molecule has 27 heavy (non-hydrogen) atoms. The molecule has 1 fully saturated rings. The molecule has 0 unspecified atom stereocenters. The van der Waals surface area contributed by atoms with Gasteiger partial charge in [0.2, 0.25) is 5.91 Å². The van der Waals surface area contributed by atoms with E-state index in [0.29, 0.717) is 0 Å². The van der Waals surface area contributed by atoms with Gasteiger partial charge in [-0.05, 0) is 74.8 Å². The molecule has 4 heteroatoms. The van der Waals surface area contributed by atoms with E-state index in [2.05, 4.69) is 54.3 Å². The molecular formula is C23H35N3O. The number of aromatic amines is 1. The number of carbonyl (C=O) groups excluding carboxylic acids is 1. The van der Waals surface area contributed by atoms with Crippen molar-refractivity contribution in [1.82, 2.24) is 9.88 Å². The van der Waals surface area contributed by atoms with Crippen LogP contribution in [-0.4, -0.2) is 35.4 Å². The highest BCUT2D eigenvalue weighted by Crippen LogP contribution is 2.30. The highest BCUT2D eigenvalue weighted by atomic mass is 16.1. The molecular weight excluding hydrogens is 334 g/mol. The summed E-state index contributed by atoms with van der Waals surface area (Å²) in [5.41, 5.74) is 3.40. The van der Waals surface area contributed by atoms with E-state index < -0.39 is 0 Å². The Bertz CT molecular complexity index is 743. The predicted molar refractivity (Wildman–Crippen MR) is 114 cm³/mol. The van der Waals surface area contributed by atoms with Gasteiger partial charge in [0.25, 0.3) is 0 Å². The number of aromatic nitrogens is 1. The fourth-order valence-corrected chi connectivity index (χ4v) is 3.92. The van der Waals surface area contributed by atoms with E-state index in [1.54, 1.807) is 0 Å². The molecule has 1 aromatic heterocycles. The maximum atomic E-state index is 12.4. The van der Waals surface area contributed by atoms with Crippen LogP contribution in [0.25, 0.3) is 10.9 Å². The van der Waals surface area contributed by atoms with Crippen molar-refractivity contribution in [1.29, 1.82) is 0 Å². The molecule has 148 valence electrons. The van der Waals surface area contributed by atoms with E-state index in [1.807, 2.05) is 6.07 Å². The van der Waals surface area contributed by atoms with Crippen LogP contribution < -0.4 is 5.32 Å². The summed E-state index contributed by atoms with van der Waals surface area (Å²) in [6.07, 6.45) is 8.99. The standard InChI is InChI=1S/C23H35N3O/c1-4-12-26(16-17-7-8-17)13-11-19-15-24-22-10-9-20(14-21(19)22)25-23(27)18(5-2)6-3/h9-10,14-15,17-18,24H,4-8,11-13,16H2,1-3H3,(H,25,27). The first-order valence-corrected chi connectivity index (χ1v) is 10.8. The molecule has 0 saturated heterocycles. The minimum atomic E-state index is 0.0939. The van der Waals surface area contributed by atoms with Crippen molar-refractivity contribution < 1.29 is 4.79 Å². The average molecular weight is 370 g/mol. The minimum absolute atomic E-state index is 0.0939. The summed E-state index contributed by atoms with van der Waals surface area (Å²) in [6, 6.07) is 6.21. The third-order valence-electron chi connectivity index (χ3n) is 5.84. The minimum Gasteiger partial charge on any atom is -0.361 e. The van der Waals surface area contributed by atoms with Gasteiger partial charge in [-0.2, -0.15) is 0 Å². The summed E-state index contributed by atoms with van der Waals surface area (Å²) >= 11 is 0. The summed E-state index contributed by atoms with van der Waals surface area (Å²) in [7, 11) is 0. The van der Waals surface area contributed by atoms with Crippen LogP contribution in [-0.2, 0) is 11.2 Å². The Hall–Kier alpha value is -1.81. The van der Waals surface area contributed by atoms with Gasteiger partial charge >= 0.3 is 0 Å². The lowest BCUT2D eigenvalue weighted by atomic mass is 10.0. The van der Waals surface area contributed by atoms with Gasteiger partial charge in [-0.15, -0.1) is 0 Å². The molecule has 1 aromatic carbocycles. The first-order valence-electron chi connectivity index (χ1n) is 10.8. The number of hydrogen-bond acceptors (Lipinski definition) is 2. The average Bonchev–Trinajstić information content (AvgIpc) is 3.39. The van der Waals surface area contributed by atoms with Crippen LogP contribution >= 0.6 is 0 Å². The zero-order valence-electron chi connectivity index (χ0n) is 17.2. The van der Waals surface area contributed by atoms with Crippen molar-refractivity contribution in [2.45, 2.75) is 59.3 Å². The van der Waals surface area contributed by atoms with Gasteiger partial charge in [-0.3, -0.25) is 4.79 Å². The van der Waals surface area contributed by atoms with Crippen molar-refractivity contribution in [3.63, 3.8) is 0 Å². The Kier molecular flexibility index (Phi) is 6.95. The number of rotatable bonds is 11. The van der Waals surface area contributed by atoms with Crippen LogP contribution in [0, 0.1) is 11.8 Å². The molecule has 2 N–H and O–H groups in total. The second-order valence-corrected chi connectivity index (χ2v) is 8.07. The maximum Gasteiger partial charge on any atom is 0.227 e. The van der Waals surface area contributed by atoms with E-state index >= 15 is 0 Å². The van der Waals surface area contributed by atoms with E-state index in [1.165, 1.54) is 43.3 Å². The first-order chi connectivity index (χ1) is 13.1. The van der Waals surface area contributed by atoms with Gasteiger partial charge in [0, 0.05) is 41.8 Å². The number of anilines is 1. The lowest BCUT2D eigenvalue weighted by Crippen LogP contribution is -2.29. The number of nitrogens with one attached hydrogen (secondary N) is 2. The smallest absolute Gasteiger partial charge is 0.227 e. The Labute approximate surface area is 163 Å². The maximum absolute atomic E-state index is 12.4. The van der Waals surface area contributed by atoms with E-state index in [4.69, 9.17) is 0 Å². The van der Waals surface area contributed by atoms with E-state index in [-0.39, 0.29) is 11.8 Å². The molecule has 0 atom stereocenters. The molecule has 1 amide bonds. The molecule has 1 saturated carbocycles. The van der Waals surface area contributed by atoms with Gasteiger partial charge in [0.05, 0.1) is 0 Å². The fourth-order valence-electron chi connectivity index (χ4n) is 3.92. The molecule has 0 radical (unpaired) electrons. The highest BCUT2D eigenvalue weighted by molar-refractivity contribution is 5.95. The van der Waals surface area contributed by atoms with Gasteiger partial charge in [0.15, 0.2) is 0 Å². The third-order valence-corrected chi connectivity index (χ3v) is 5.84. The highest BCUT2D eigenvalue weighted by Gasteiger charge is 2.24. The second-order valence-electron chi connectivity index (χ2n) is 8.07. The number of benzene rings is 1. The van der Waals surface area contributed by atoms with Crippen molar-refractivity contribution in [3.8, 4) is 0 Å². The third kappa shape index (κ3) is 5.35. The lowest BCUT2D eigenvalue weighted by Gasteiger charge is -2.21. The van der Waals surface area contributed by atoms with Gasteiger partial charge in [0.1, 0.15) is 0 Å². The monoisotopic (exact) mass is 369 g/mol. The molecule has 2 aromatic rings. The van der Waals surface area contributed by atoms with Crippen molar-refractivity contribution in [2.24, 2.45) is 11.8 Å². The van der Waals surface area contributed by atoms with Crippen LogP contribution in [0.1, 0.15) is 58.4 Å². The summed E-state index contributed by atoms with van der Waals surface area (Å²) in [4.78, 5) is 18.4. The zero-order valence-corrected chi connectivity index (χ0v) is 17.2. The quantitative estimate of drug-likeness (QED) is 0.571. The van der Waals surface area contributed by atoms with Crippen molar-refractivity contribution in [3.05, 3.63) is 30.0 Å². The molecule has 0 spiro atoms. The summed E-state index contributed by atoms with van der Waals surface area (Å²) < 4.78 is 0. The normalized spacial score (nSPS) is 14.4. The zero-order chi connectivity index (χ0) is 19.2. The Morgan fingerprint density at radius 2 is 2.00 bits per heavy atom. The number of H-pyrrole nitrogens is 1. The fraction of sp³-hybridized carbons (Fsp3) is 0.609. The molecule has 1 heterocycles. The number of amides is 1. The molecule has 0 aliphatic heterocycles. The van der Waals surface area contributed by atoms with E-state index in [0.717, 1.165) is 42.9 Å². The molecule has 4 nitrogen and oxygen atoms in total. The predicted octanol–water partition coefficient (Wildman–Crippen LogP) is 5.21. The van der Waals surface area contributed by atoms with E-state index in [9.17, 15) is 4.79 Å². The Balaban J connectivity index is 1.67. The second kappa shape index (κ2) is 9.41. The number of nitrogens with zero attached hydrogens (tertiary/aromatic N) is 1. The number of fused-ring (bicyclic) bond motifs is 1. The largest absolute Gasteiger partial charge is 0.361 e. The molecule has 0 bridgehead atoms. The van der Waals surface area contributed by atoms with Crippen LogP contribution in [0.4, 0.5) is 5.69 Å². The SMILES string of the molecule is CCCN(CCc1c[nH]c2ccc(NC(=O)C(CC)CC)cc12)CC1CC1.